The minimum absolute atomic E-state index is 0.0477. The highest BCUT2D eigenvalue weighted by atomic mass is 32.2. The van der Waals surface area contributed by atoms with E-state index in [1.807, 2.05) is 18.3 Å². The first-order valence-corrected chi connectivity index (χ1v) is 10.0. The zero-order chi connectivity index (χ0) is 20.6. The van der Waals surface area contributed by atoms with E-state index < -0.39 is 20.7 Å². The second-order valence-corrected chi connectivity index (χ2v) is 7.92. The molecule has 1 aromatic carbocycles. The van der Waals surface area contributed by atoms with Crippen molar-refractivity contribution in [3.63, 3.8) is 0 Å². The van der Waals surface area contributed by atoms with E-state index in [-0.39, 0.29) is 11.7 Å². The number of aryl methyl sites for hydroxylation is 1. The Bertz CT molecular complexity index is 1280. The monoisotopic (exact) mass is 416 g/mol. The summed E-state index contributed by atoms with van der Waals surface area (Å²) >= 11 is 0. The van der Waals surface area contributed by atoms with E-state index in [9.17, 15) is 12.8 Å². The van der Waals surface area contributed by atoms with Crippen LogP contribution >= 0.6 is 0 Å². The largest absolute Gasteiger partial charge is 0.495 e. The second kappa shape index (κ2) is 7.17. The van der Waals surface area contributed by atoms with Gasteiger partial charge in [0.15, 0.2) is 10.5 Å². The zero-order valence-electron chi connectivity index (χ0n) is 15.6. The van der Waals surface area contributed by atoms with Crippen LogP contribution in [0.3, 0.4) is 0 Å². The molecule has 0 aliphatic rings. The number of fused-ring (bicyclic) bond motifs is 1. The molecule has 9 nitrogen and oxygen atoms in total. The molecular weight excluding hydrogens is 399 g/mol. The molecule has 11 heteroatoms. The predicted octanol–water partition coefficient (Wildman–Crippen LogP) is 2.23. The highest BCUT2D eigenvalue weighted by molar-refractivity contribution is 7.92. The lowest BCUT2D eigenvalue weighted by atomic mass is 10.2. The molecule has 0 saturated heterocycles. The smallest absolute Gasteiger partial charge is 0.270 e. The number of nitrogens with one attached hydrogen (secondary N) is 1. The minimum atomic E-state index is -4.30. The van der Waals surface area contributed by atoms with E-state index in [0.717, 1.165) is 11.6 Å². The van der Waals surface area contributed by atoms with Gasteiger partial charge in [-0.25, -0.2) is 17.5 Å². The maximum Gasteiger partial charge on any atom is 0.270 e. The Labute approximate surface area is 165 Å². The van der Waals surface area contributed by atoms with E-state index in [0.29, 0.717) is 17.9 Å². The average molecular weight is 416 g/mol. The van der Waals surface area contributed by atoms with Crippen LogP contribution in [0.2, 0.25) is 0 Å². The van der Waals surface area contributed by atoms with Gasteiger partial charge in [-0.3, -0.25) is 9.08 Å². The normalized spacial score (nSPS) is 11.7. The standard InChI is InChI=1S/C18H17FN6O3S/c1-12-9-13(11-24-8-4-7-20-24)10-16-21-22-18(25(12)16)23-29(26,27)17-14(19)5-3-6-15(17)28-2/h3-10H,11H2,1-2H3,(H,22,23). The van der Waals surface area contributed by atoms with Crippen molar-refractivity contribution in [2.45, 2.75) is 18.4 Å². The molecule has 0 amide bonds. The predicted molar refractivity (Wildman–Crippen MR) is 103 cm³/mol. The molecule has 0 atom stereocenters. The van der Waals surface area contributed by atoms with Gasteiger partial charge in [-0.15, -0.1) is 10.2 Å². The Balaban J connectivity index is 1.72. The van der Waals surface area contributed by atoms with Crippen LogP contribution in [0.4, 0.5) is 10.3 Å². The quantitative estimate of drug-likeness (QED) is 0.517. The summed E-state index contributed by atoms with van der Waals surface area (Å²) in [6.07, 6.45) is 3.52. The van der Waals surface area contributed by atoms with Crippen molar-refractivity contribution in [3.05, 3.63) is 65.9 Å². The Kier molecular flexibility index (Phi) is 4.66. The van der Waals surface area contributed by atoms with Crippen LogP contribution < -0.4 is 9.46 Å². The lowest BCUT2D eigenvalue weighted by Gasteiger charge is -2.12. The van der Waals surface area contributed by atoms with Crippen molar-refractivity contribution in [2.24, 2.45) is 0 Å². The number of benzene rings is 1. The summed E-state index contributed by atoms with van der Waals surface area (Å²) < 4.78 is 50.5. The van der Waals surface area contributed by atoms with Crippen LogP contribution in [-0.4, -0.2) is 39.9 Å². The Morgan fingerprint density at radius 2 is 2.03 bits per heavy atom. The number of hydrogen-bond donors (Lipinski definition) is 1. The number of rotatable bonds is 6. The van der Waals surface area contributed by atoms with E-state index in [1.54, 1.807) is 23.9 Å². The maximum absolute atomic E-state index is 14.2. The molecule has 0 aliphatic carbocycles. The number of aromatic nitrogens is 5. The Morgan fingerprint density at radius 3 is 2.76 bits per heavy atom. The van der Waals surface area contributed by atoms with Crippen molar-refractivity contribution in [1.29, 1.82) is 0 Å². The van der Waals surface area contributed by atoms with Gasteiger partial charge >= 0.3 is 0 Å². The van der Waals surface area contributed by atoms with Crippen molar-refractivity contribution < 1.29 is 17.5 Å². The lowest BCUT2D eigenvalue weighted by Crippen LogP contribution is -2.18. The van der Waals surface area contributed by atoms with E-state index in [1.165, 1.54) is 23.6 Å². The van der Waals surface area contributed by atoms with Gasteiger partial charge in [-0.2, -0.15) is 5.10 Å². The zero-order valence-corrected chi connectivity index (χ0v) is 16.4. The molecule has 3 heterocycles. The molecule has 4 aromatic rings. The van der Waals surface area contributed by atoms with Crippen molar-refractivity contribution in [3.8, 4) is 5.75 Å². The number of ether oxygens (including phenoxy) is 1. The molecule has 0 bridgehead atoms. The van der Waals surface area contributed by atoms with E-state index in [4.69, 9.17) is 4.74 Å². The van der Waals surface area contributed by atoms with Crippen LogP contribution in [0.5, 0.6) is 5.75 Å². The molecule has 29 heavy (non-hydrogen) atoms. The van der Waals surface area contributed by atoms with E-state index >= 15 is 0 Å². The molecule has 0 aliphatic heterocycles. The summed E-state index contributed by atoms with van der Waals surface area (Å²) in [5.74, 6) is -1.08. The Hall–Kier alpha value is -3.47. The molecule has 0 unspecified atom stereocenters. The first-order chi connectivity index (χ1) is 13.9. The van der Waals surface area contributed by atoms with Crippen molar-refractivity contribution in [1.82, 2.24) is 24.4 Å². The van der Waals surface area contributed by atoms with Gasteiger partial charge in [-0.1, -0.05) is 6.07 Å². The summed E-state index contributed by atoms with van der Waals surface area (Å²) in [5.41, 5.74) is 2.08. The highest BCUT2D eigenvalue weighted by Crippen LogP contribution is 2.28. The minimum Gasteiger partial charge on any atom is -0.495 e. The molecule has 150 valence electrons. The summed E-state index contributed by atoms with van der Waals surface area (Å²) in [6.45, 7) is 2.33. The lowest BCUT2D eigenvalue weighted by molar-refractivity contribution is 0.395. The van der Waals surface area contributed by atoms with Gasteiger partial charge in [0.25, 0.3) is 10.0 Å². The SMILES string of the molecule is COc1cccc(F)c1S(=O)(=O)Nc1nnc2cc(Cn3cccn3)cc(C)n12. The van der Waals surface area contributed by atoms with Gasteiger partial charge in [0.05, 0.1) is 13.7 Å². The number of anilines is 1. The number of nitrogens with zero attached hydrogens (tertiary/aromatic N) is 5. The Morgan fingerprint density at radius 1 is 1.21 bits per heavy atom. The molecule has 3 aromatic heterocycles. The van der Waals surface area contributed by atoms with Crippen molar-refractivity contribution in [2.75, 3.05) is 11.8 Å². The number of hydrogen-bond acceptors (Lipinski definition) is 6. The van der Waals surface area contributed by atoms with Gasteiger partial charge in [0, 0.05) is 18.1 Å². The summed E-state index contributed by atoms with van der Waals surface area (Å²) in [6, 6.07) is 9.26. The second-order valence-electron chi connectivity index (χ2n) is 6.30. The third-order valence-electron chi connectivity index (χ3n) is 4.30. The molecular formula is C18H17FN6O3S. The van der Waals surface area contributed by atoms with Crippen LogP contribution in [0.25, 0.3) is 5.65 Å². The van der Waals surface area contributed by atoms with Crippen LogP contribution in [0.1, 0.15) is 11.3 Å². The van der Waals surface area contributed by atoms with Gasteiger partial charge < -0.3 is 4.74 Å². The van der Waals surface area contributed by atoms with Gasteiger partial charge in [0.1, 0.15) is 11.6 Å². The van der Waals surface area contributed by atoms with Crippen LogP contribution in [0, 0.1) is 12.7 Å². The molecule has 0 spiro atoms. The van der Waals surface area contributed by atoms with Crippen LogP contribution in [0.15, 0.2) is 53.7 Å². The van der Waals surface area contributed by atoms with Gasteiger partial charge in [-0.05, 0) is 42.8 Å². The third kappa shape index (κ3) is 3.51. The first kappa shape index (κ1) is 18.9. The fourth-order valence-corrected chi connectivity index (χ4v) is 4.31. The maximum atomic E-state index is 14.2. The summed E-state index contributed by atoms with van der Waals surface area (Å²) in [7, 11) is -3.03. The number of sulfonamides is 1. The number of pyridine rings is 1. The van der Waals surface area contributed by atoms with Crippen LogP contribution in [-0.2, 0) is 16.6 Å². The fourth-order valence-electron chi connectivity index (χ4n) is 3.10. The van der Waals surface area contributed by atoms with E-state index in [2.05, 4.69) is 20.0 Å². The van der Waals surface area contributed by atoms with Crippen molar-refractivity contribution >= 4 is 21.6 Å². The third-order valence-corrected chi connectivity index (χ3v) is 5.68. The topological polar surface area (TPSA) is 103 Å². The highest BCUT2D eigenvalue weighted by Gasteiger charge is 2.26. The summed E-state index contributed by atoms with van der Waals surface area (Å²) in [5, 5.41) is 12.1. The molecule has 4 rings (SSSR count). The summed E-state index contributed by atoms with van der Waals surface area (Å²) in [4.78, 5) is -0.591. The molecule has 0 saturated carbocycles. The molecule has 0 radical (unpaired) electrons. The fraction of sp³-hybridized carbons (Fsp3) is 0.167. The number of methoxy groups -OCH3 is 1. The van der Waals surface area contributed by atoms with Gasteiger partial charge in [0.2, 0.25) is 5.95 Å². The first-order valence-electron chi connectivity index (χ1n) is 8.56. The average Bonchev–Trinajstić information content (AvgIpc) is 3.31. The molecule has 0 fully saturated rings. The number of halogens is 1. The molecule has 1 N–H and O–H groups in total.